The third-order valence-electron chi connectivity index (χ3n) is 4.03. The Bertz CT molecular complexity index is 666. The van der Waals surface area contributed by atoms with Gasteiger partial charge in [-0.3, -0.25) is 0 Å². The molecule has 1 aromatic carbocycles. The third-order valence-corrected chi connectivity index (χ3v) is 5.85. The summed E-state index contributed by atoms with van der Waals surface area (Å²) in [5.74, 6) is -1.35. The molecule has 0 spiro atoms. The maximum Gasteiger partial charge on any atom is 0.187 e. The standard InChI is InChI=1S/C15H20O6S/c1-10-4-6-11(7-5-10)22(17,18)9-15-12(8-19-13(15)16)20-14(2,3)21-15/h4-7,12-13,16H,8-9H2,1-3H3/t12-,13?,15-/m1/s1. The minimum atomic E-state index is -3.65. The van der Waals surface area contributed by atoms with Gasteiger partial charge in [0, 0.05) is 0 Å². The van der Waals surface area contributed by atoms with Crippen molar-refractivity contribution in [2.45, 2.75) is 49.4 Å². The zero-order valence-electron chi connectivity index (χ0n) is 12.8. The summed E-state index contributed by atoms with van der Waals surface area (Å²) in [5.41, 5.74) is -0.423. The first-order valence-corrected chi connectivity index (χ1v) is 8.77. The van der Waals surface area contributed by atoms with E-state index in [-0.39, 0.29) is 11.5 Å². The number of hydrogen-bond acceptors (Lipinski definition) is 6. The van der Waals surface area contributed by atoms with Crippen molar-refractivity contribution in [3.05, 3.63) is 29.8 Å². The Kier molecular flexibility index (Phi) is 3.61. The molecule has 2 aliphatic heterocycles. The lowest BCUT2D eigenvalue weighted by Gasteiger charge is -2.29. The molecule has 1 aromatic rings. The molecule has 22 heavy (non-hydrogen) atoms. The molecule has 7 heteroatoms. The molecule has 0 amide bonds. The molecule has 2 fully saturated rings. The van der Waals surface area contributed by atoms with Crippen LogP contribution in [0.5, 0.6) is 0 Å². The largest absolute Gasteiger partial charge is 0.365 e. The summed E-state index contributed by atoms with van der Waals surface area (Å²) in [5, 5.41) is 10.1. The van der Waals surface area contributed by atoms with E-state index in [2.05, 4.69) is 0 Å². The van der Waals surface area contributed by atoms with Gasteiger partial charge in [0.15, 0.2) is 27.5 Å². The Morgan fingerprint density at radius 1 is 1.27 bits per heavy atom. The second kappa shape index (κ2) is 5.01. The van der Waals surface area contributed by atoms with Crippen molar-refractivity contribution in [3.63, 3.8) is 0 Å². The van der Waals surface area contributed by atoms with Gasteiger partial charge in [-0.1, -0.05) is 17.7 Å². The summed E-state index contributed by atoms with van der Waals surface area (Å²) >= 11 is 0. The molecule has 1 unspecified atom stereocenters. The van der Waals surface area contributed by atoms with Gasteiger partial charge in [-0.25, -0.2) is 8.42 Å². The van der Waals surface area contributed by atoms with Gasteiger partial charge < -0.3 is 19.3 Å². The van der Waals surface area contributed by atoms with Gasteiger partial charge in [0.1, 0.15) is 6.10 Å². The predicted octanol–water partition coefficient (Wildman–Crippen LogP) is 1.01. The lowest BCUT2D eigenvalue weighted by molar-refractivity contribution is -0.230. The van der Waals surface area contributed by atoms with Crippen molar-refractivity contribution < 1.29 is 27.7 Å². The minimum Gasteiger partial charge on any atom is -0.365 e. The van der Waals surface area contributed by atoms with Gasteiger partial charge in [0.2, 0.25) is 0 Å². The van der Waals surface area contributed by atoms with Crippen molar-refractivity contribution in [2.24, 2.45) is 0 Å². The van der Waals surface area contributed by atoms with Gasteiger partial charge >= 0.3 is 0 Å². The van der Waals surface area contributed by atoms with Crippen LogP contribution >= 0.6 is 0 Å². The number of aryl methyl sites for hydroxylation is 1. The maximum atomic E-state index is 12.7. The molecule has 1 N–H and O–H groups in total. The molecule has 3 rings (SSSR count). The lowest BCUT2D eigenvalue weighted by atomic mass is 10.0. The van der Waals surface area contributed by atoms with E-state index in [0.29, 0.717) is 0 Å². The fourth-order valence-corrected chi connectivity index (χ4v) is 4.71. The van der Waals surface area contributed by atoms with Crippen LogP contribution in [-0.2, 0) is 24.0 Å². The number of ether oxygens (including phenoxy) is 3. The molecule has 0 bridgehead atoms. The minimum absolute atomic E-state index is 0.105. The normalized spacial score (nSPS) is 33.8. The monoisotopic (exact) mass is 328 g/mol. The van der Waals surface area contributed by atoms with E-state index in [0.717, 1.165) is 5.56 Å². The molecule has 6 nitrogen and oxygen atoms in total. The van der Waals surface area contributed by atoms with E-state index in [1.54, 1.807) is 38.1 Å². The van der Waals surface area contributed by atoms with Crippen LogP contribution in [0.15, 0.2) is 29.2 Å². The number of hydrogen-bond donors (Lipinski definition) is 1. The third kappa shape index (κ3) is 2.57. The van der Waals surface area contributed by atoms with Gasteiger partial charge in [0.05, 0.1) is 17.3 Å². The Morgan fingerprint density at radius 2 is 1.91 bits per heavy atom. The molecule has 3 atom stereocenters. The molecule has 2 saturated heterocycles. The van der Waals surface area contributed by atoms with Crippen LogP contribution in [0.25, 0.3) is 0 Å². The molecule has 0 aliphatic carbocycles. The van der Waals surface area contributed by atoms with Crippen molar-refractivity contribution >= 4 is 9.84 Å². The zero-order valence-corrected chi connectivity index (χ0v) is 13.6. The number of rotatable bonds is 3. The van der Waals surface area contributed by atoms with Gasteiger partial charge in [-0.2, -0.15) is 0 Å². The highest BCUT2D eigenvalue weighted by Crippen LogP contribution is 2.44. The zero-order chi connectivity index (χ0) is 16.2. The quantitative estimate of drug-likeness (QED) is 0.892. The molecule has 0 radical (unpaired) electrons. The summed E-state index contributed by atoms with van der Waals surface area (Å²) < 4.78 is 42.0. The van der Waals surface area contributed by atoms with Gasteiger partial charge in [-0.05, 0) is 32.9 Å². The first-order chi connectivity index (χ1) is 10.1. The number of aliphatic hydroxyl groups excluding tert-OH is 1. The number of aliphatic hydroxyl groups is 1. The van der Waals surface area contributed by atoms with Crippen LogP contribution in [0.3, 0.4) is 0 Å². The first kappa shape index (κ1) is 15.9. The highest BCUT2D eigenvalue weighted by atomic mass is 32.2. The van der Waals surface area contributed by atoms with Crippen molar-refractivity contribution in [2.75, 3.05) is 12.4 Å². The first-order valence-electron chi connectivity index (χ1n) is 7.12. The van der Waals surface area contributed by atoms with Crippen LogP contribution in [0.4, 0.5) is 0 Å². The van der Waals surface area contributed by atoms with Crippen molar-refractivity contribution in [1.82, 2.24) is 0 Å². The van der Waals surface area contributed by atoms with Gasteiger partial charge in [-0.15, -0.1) is 0 Å². The number of sulfone groups is 1. The SMILES string of the molecule is Cc1ccc(S(=O)(=O)C[C@@]23OC(C)(C)O[C@@H]2COC3O)cc1. The molecule has 0 aromatic heterocycles. The second-order valence-corrected chi connectivity index (χ2v) is 8.31. The molecule has 2 aliphatic rings. The summed E-state index contributed by atoms with van der Waals surface area (Å²) in [6.45, 7) is 5.38. The Balaban J connectivity index is 1.94. The van der Waals surface area contributed by atoms with Crippen LogP contribution in [0.1, 0.15) is 19.4 Å². The van der Waals surface area contributed by atoms with Gasteiger partial charge in [0.25, 0.3) is 0 Å². The van der Waals surface area contributed by atoms with Crippen LogP contribution < -0.4 is 0 Å². The summed E-state index contributed by atoms with van der Waals surface area (Å²) in [7, 11) is -3.65. The van der Waals surface area contributed by atoms with E-state index in [1.807, 2.05) is 6.92 Å². The second-order valence-electron chi connectivity index (χ2n) is 6.32. The van der Waals surface area contributed by atoms with E-state index in [4.69, 9.17) is 14.2 Å². The fraction of sp³-hybridized carbons (Fsp3) is 0.600. The molecule has 2 heterocycles. The maximum absolute atomic E-state index is 12.7. The molecular formula is C15H20O6S. The summed E-state index contributed by atoms with van der Waals surface area (Å²) in [4.78, 5) is 0.193. The van der Waals surface area contributed by atoms with Crippen LogP contribution in [0.2, 0.25) is 0 Å². The Morgan fingerprint density at radius 3 is 2.55 bits per heavy atom. The summed E-state index contributed by atoms with van der Waals surface area (Å²) in [6, 6.07) is 6.58. The lowest BCUT2D eigenvalue weighted by Crippen LogP contribution is -2.51. The smallest absolute Gasteiger partial charge is 0.187 e. The van der Waals surface area contributed by atoms with E-state index >= 15 is 0 Å². The Hall–Kier alpha value is -0.990. The highest BCUT2D eigenvalue weighted by molar-refractivity contribution is 7.91. The molecule has 0 saturated carbocycles. The van der Waals surface area contributed by atoms with E-state index < -0.39 is 39.4 Å². The van der Waals surface area contributed by atoms with Crippen molar-refractivity contribution in [1.29, 1.82) is 0 Å². The molecular weight excluding hydrogens is 308 g/mol. The van der Waals surface area contributed by atoms with E-state index in [1.165, 1.54) is 0 Å². The average molecular weight is 328 g/mol. The van der Waals surface area contributed by atoms with Crippen LogP contribution in [0, 0.1) is 6.92 Å². The topological polar surface area (TPSA) is 82.1 Å². The fourth-order valence-electron chi connectivity index (χ4n) is 3.01. The molecule has 122 valence electrons. The van der Waals surface area contributed by atoms with E-state index in [9.17, 15) is 13.5 Å². The number of fused-ring (bicyclic) bond motifs is 1. The average Bonchev–Trinajstić information content (AvgIpc) is 2.81. The number of benzene rings is 1. The van der Waals surface area contributed by atoms with Crippen molar-refractivity contribution in [3.8, 4) is 0 Å². The highest BCUT2D eigenvalue weighted by Gasteiger charge is 2.63. The Labute approximate surface area is 129 Å². The predicted molar refractivity (Wildman–Crippen MR) is 78.0 cm³/mol. The summed E-state index contributed by atoms with van der Waals surface area (Å²) in [6.07, 6.45) is -1.95. The van der Waals surface area contributed by atoms with Crippen LogP contribution in [-0.4, -0.2) is 49.7 Å².